The summed E-state index contributed by atoms with van der Waals surface area (Å²) in [6.45, 7) is 3.91. The topological polar surface area (TPSA) is 78.4 Å². The Morgan fingerprint density at radius 1 is 1.41 bits per heavy atom. The van der Waals surface area contributed by atoms with Crippen LogP contribution in [-0.2, 0) is 16.6 Å². The largest absolute Gasteiger partial charge is 0.494 e. The van der Waals surface area contributed by atoms with Crippen LogP contribution in [0.2, 0.25) is 0 Å². The number of aliphatic hydroxyl groups is 1. The van der Waals surface area contributed by atoms with Crippen LogP contribution < -0.4 is 9.64 Å². The first-order chi connectivity index (χ1) is 14.0. The van der Waals surface area contributed by atoms with Gasteiger partial charge in [0.2, 0.25) is 0 Å². The molecule has 2 aromatic carbocycles. The Morgan fingerprint density at radius 3 is 2.97 bits per heavy atom. The average molecular weight is 418 g/mol. The molecule has 2 unspecified atom stereocenters. The quantitative estimate of drug-likeness (QED) is 0.643. The minimum absolute atomic E-state index is 0.0998. The third kappa shape index (κ3) is 3.62. The van der Waals surface area contributed by atoms with E-state index in [0.29, 0.717) is 16.2 Å². The number of rotatable bonds is 6. The molecule has 0 aliphatic carbocycles. The number of fused-ring (bicyclic) bond motifs is 2. The second kappa shape index (κ2) is 8.12. The van der Waals surface area contributed by atoms with Gasteiger partial charge in [-0.25, -0.2) is 9.37 Å². The van der Waals surface area contributed by atoms with E-state index in [2.05, 4.69) is 21.8 Å². The number of aromatic nitrogens is 2. The van der Waals surface area contributed by atoms with Crippen LogP contribution in [0.3, 0.4) is 0 Å². The van der Waals surface area contributed by atoms with Crippen molar-refractivity contribution < 1.29 is 18.4 Å². The van der Waals surface area contributed by atoms with Crippen LogP contribution in [-0.4, -0.2) is 46.1 Å². The Hall–Kier alpha value is -2.45. The number of ether oxygens (including phenoxy) is 1. The lowest BCUT2D eigenvalue weighted by Gasteiger charge is -2.36. The summed E-state index contributed by atoms with van der Waals surface area (Å²) in [5.74, 6) is -0.00118. The minimum Gasteiger partial charge on any atom is -0.494 e. The van der Waals surface area contributed by atoms with Crippen molar-refractivity contribution in [3.05, 3.63) is 47.3 Å². The van der Waals surface area contributed by atoms with Gasteiger partial charge >= 0.3 is 0 Å². The molecule has 2 N–H and O–H groups in total. The molecular formula is C21H24FN3O3S. The summed E-state index contributed by atoms with van der Waals surface area (Å²) in [5.41, 5.74) is 4.13. The van der Waals surface area contributed by atoms with E-state index >= 15 is 0 Å². The first-order valence-corrected chi connectivity index (χ1v) is 11.0. The van der Waals surface area contributed by atoms with Crippen molar-refractivity contribution >= 4 is 27.5 Å². The molecule has 4 rings (SSSR count). The fourth-order valence-corrected chi connectivity index (χ4v) is 5.07. The highest BCUT2D eigenvalue weighted by Gasteiger charge is 2.27. The summed E-state index contributed by atoms with van der Waals surface area (Å²) in [4.78, 5) is 9.63. The van der Waals surface area contributed by atoms with Gasteiger partial charge in [0.05, 0.1) is 41.3 Å². The zero-order chi connectivity index (χ0) is 20.5. The number of aromatic amines is 1. The summed E-state index contributed by atoms with van der Waals surface area (Å²) < 4.78 is 32.0. The van der Waals surface area contributed by atoms with Crippen molar-refractivity contribution in [3.8, 4) is 5.75 Å². The highest BCUT2D eigenvalue weighted by Crippen LogP contribution is 2.38. The molecule has 1 aliphatic heterocycles. The molecule has 0 saturated carbocycles. The maximum absolute atomic E-state index is 13.9. The van der Waals surface area contributed by atoms with E-state index in [4.69, 9.17) is 4.74 Å². The second-order valence-corrected chi connectivity index (χ2v) is 8.50. The molecule has 0 amide bonds. The van der Waals surface area contributed by atoms with Gasteiger partial charge in [-0.1, -0.05) is 18.2 Å². The molecule has 3 aromatic rings. The molecular weight excluding hydrogens is 393 g/mol. The highest BCUT2D eigenvalue weighted by atomic mass is 32.2. The van der Waals surface area contributed by atoms with Gasteiger partial charge in [-0.15, -0.1) is 0 Å². The first kappa shape index (κ1) is 19.8. The lowest BCUT2D eigenvalue weighted by Crippen LogP contribution is -2.33. The third-order valence-electron chi connectivity index (χ3n) is 5.49. The van der Waals surface area contributed by atoms with E-state index in [9.17, 15) is 13.7 Å². The Labute approximate surface area is 171 Å². The van der Waals surface area contributed by atoms with Crippen LogP contribution in [0.25, 0.3) is 11.0 Å². The number of H-pyrrole nitrogens is 1. The zero-order valence-corrected chi connectivity index (χ0v) is 17.3. The Morgan fingerprint density at radius 2 is 2.24 bits per heavy atom. The summed E-state index contributed by atoms with van der Waals surface area (Å²) in [5, 5.41) is 10.1. The lowest BCUT2D eigenvalue weighted by molar-refractivity contribution is 0.257. The summed E-state index contributed by atoms with van der Waals surface area (Å²) in [6, 6.07) is 8.77. The normalized spacial score (nSPS) is 17.4. The van der Waals surface area contributed by atoms with Crippen molar-refractivity contribution in [1.82, 2.24) is 9.97 Å². The number of methoxy groups -OCH3 is 1. The van der Waals surface area contributed by atoms with Crippen LogP contribution in [0.4, 0.5) is 10.1 Å². The van der Waals surface area contributed by atoms with Crippen LogP contribution in [0.5, 0.6) is 5.75 Å². The van der Waals surface area contributed by atoms with Crippen molar-refractivity contribution in [2.24, 2.45) is 0 Å². The number of hydrogen-bond acceptors (Lipinski definition) is 5. The predicted octanol–water partition coefficient (Wildman–Crippen LogP) is 3.32. The van der Waals surface area contributed by atoms with Crippen molar-refractivity contribution in [1.29, 1.82) is 0 Å². The molecule has 2 heterocycles. The van der Waals surface area contributed by atoms with Gasteiger partial charge in [-0.2, -0.15) is 0 Å². The number of benzene rings is 2. The molecule has 8 heteroatoms. The molecule has 0 saturated heterocycles. The molecule has 0 radical (unpaired) electrons. The SMILES string of the molecule is CCN1CCC(CO)c2cccc(CS(=O)c3nc4cc(OC)c(F)cc4[nH]3)c21. The smallest absolute Gasteiger partial charge is 0.197 e. The van der Waals surface area contributed by atoms with Gasteiger partial charge in [0.25, 0.3) is 0 Å². The lowest BCUT2D eigenvalue weighted by atomic mass is 9.88. The molecule has 6 nitrogen and oxygen atoms in total. The van der Waals surface area contributed by atoms with Gasteiger partial charge in [-0.3, -0.25) is 4.21 Å². The van der Waals surface area contributed by atoms with Crippen molar-refractivity contribution in [2.75, 3.05) is 31.7 Å². The number of para-hydroxylation sites is 1. The average Bonchev–Trinajstić information content (AvgIpc) is 3.15. The minimum atomic E-state index is -1.43. The van der Waals surface area contributed by atoms with Crippen LogP contribution in [0.15, 0.2) is 35.5 Å². The maximum Gasteiger partial charge on any atom is 0.197 e. The molecule has 29 heavy (non-hydrogen) atoms. The van der Waals surface area contributed by atoms with Gasteiger partial charge in [-0.05, 0) is 24.5 Å². The molecule has 0 bridgehead atoms. The van der Waals surface area contributed by atoms with E-state index in [-0.39, 0.29) is 24.0 Å². The molecule has 154 valence electrons. The van der Waals surface area contributed by atoms with Gasteiger partial charge in [0.15, 0.2) is 16.7 Å². The van der Waals surface area contributed by atoms with E-state index in [1.54, 1.807) is 0 Å². The zero-order valence-electron chi connectivity index (χ0n) is 16.4. The van der Waals surface area contributed by atoms with Crippen molar-refractivity contribution in [3.63, 3.8) is 0 Å². The van der Waals surface area contributed by atoms with Crippen LogP contribution >= 0.6 is 0 Å². The fourth-order valence-electron chi connectivity index (χ4n) is 3.99. The molecule has 2 atom stereocenters. The number of nitrogens with zero attached hydrogens (tertiary/aromatic N) is 2. The Balaban J connectivity index is 1.68. The number of aliphatic hydroxyl groups excluding tert-OH is 1. The second-order valence-electron chi connectivity index (χ2n) is 7.14. The molecule has 1 aromatic heterocycles. The highest BCUT2D eigenvalue weighted by molar-refractivity contribution is 7.84. The number of hydrogen-bond donors (Lipinski definition) is 2. The maximum atomic E-state index is 13.9. The van der Waals surface area contributed by atoms with E-state index in [1.807, 2.05) is 18.2 Å². The first-order valence-electron chi connectivity index (χ1n) is 9.64. The number of imidazole rings is 1. The Kier molecular flexibility index (Phi) is 5.56. The summed E-state index contributed by atoms with van der Waals surface area (Å²) in [7, 11) is -0.0330. The van der Waals surface area contributed by atoms with Crippen molar-refractivity contribution in [2.45, 2.75) is 30.2 Å². The number of nitrogens with one attached hydrogen (secondary N) is 1. The van der Waals surface area contributed by atoms with Crippen LogP contribution in [0.1, 0.15) is 30.4 Å². The van der Waals surface area contributed by atoms with E-state index in [0.717, 1.165) is 36.3 Å². The fraction of sp³-hybridized carbons (Fsp3) is 0.381. The molecule has 0 spiro atoms. The predicted molar refractivity (Wildman–Crippen MR) is 111 cm³/mol. The summed E-state index contributed by atoms with van der Waals surface area (Å²) in [6.07, 6.45) is 0.904. The summed E-state index contributed by atoms with van der Waals surface area (Å²) >= 11 is 0. The van der Waals surface area contributed by atoms with E-state index < -0.39 is 16.6 Å². The molecule has 1 aliphatic rings. The standard InChI is InChI=1S/C21H24FN3O3S/c1-3-25-8-7-13(11-26)15-6-4-5-14(20(15)25)12-29(27)21-23-17-9-16(22)19(28-2)10-18(17)24-21/h4-6,9-10,13,26H,3,7-8,11-12H2,1-2H3,(H,23,24). The third-order valence-corrected chi connectivity index (χ3v) is 6.69. The van der Waals surface area contributed by atoms with Gasteiger partial charge in [0.1, 0.15) is 0 Å². The van der Waals surface area contributed by atoms with E-state index in [1.165, 1.54) is 19.2 Å². The monoisotopic (exact) mass is 417 g/mol. The van der Waals surface area contributed by atoms with Gasteiger partial charge < -0.3 is 19.7 Å². The van der Waals surface area contributed by atoms with Gasteiger partial charge in [0, 0.05) is 36.8 Å². The van der Waals surface area contributed by atoms with Crippen LogP contribution in [0, 0.1) is 5.82 Å². The molecule has 0 fully saturated rings. The number of anilines is 1. The number of halogens is 1. The Bertz CT molecular complexity index is 1070.